The molecule has 0 unspecified atom stereocenters. The van der Waals surface area contributed by atoms with E-state index in [1.807, 2.05) is 0 Å². The summed E-state index contributed by atoms with van der Waals surface area (Å²) >= 11 is 3.27. The molecule has 3 aromatic carbocycles. The predicted octanol–water partition coefficient (Wildman–Crippen LogP) is 4.19. The third-order valence-corrected chi connectivity index (χ3v) is 6.89. The predicted molar refractivity (Wildman–Crippen MR) is 109 cm³/mol. The summed E-state index contributed by atoms with van der Waals surface area (Å²) in [5.41, 5.74) is 0.386. The molecule has 0 aliphatic heterocycles. The molecule has 0 aliphatic rings. The zero-order valence-electron chi connectivity index (χ0n) is 14.1. The highest BCUT2D eigenvalue weighted by Crippen LogP contribution is 2.23. The molecule has 3 aromatic rings. The van der Waals surface area contributed by atoms with Crippen LogP contribution in [0.5, 0.6) is 0 Å². The quantitative estimate of drug-likeness (QED) is 0.548. The zero-order valence-corrected chi connectivity index (χ0v) is 17.4. The van der Waals surface area contributed by atoms with Crippen LogP contribution in [0.15, 0.2) is 87.1 Å². The number of anilines is 2. The Bertz CT molecular complexity index is 1210. The first-order chi connectivity index (χ1) is 13.2. The Balaban J connectivity index is 1.86. The fraction of sp³-hybridized carbons (Fsp3) is 0. The summed E-state index contributed by atoms with van der Waals surface area (Å²) in [6, 6.07) is 16.3. The third-order valence-electron chi connectivity index (χ3n) is 3.60. The van der Waals surface area contributed by atoms with Crippen molar-refractivity contribution < 1.29 is 21.2 Å². The van der Waals surface area contributed by atoms with Crippen molar-refractivity contribution in [2.75, 3.05) is 9.44 Å². The lowest BCUT2D eigenvalue weighted by molar-refractivity contribution is 0.594. The van der Waals surface area contributed by atoms with Gasteiger partial charge in [0.25, 0.3) is 20.0 Å². The van der Waals surface area contributed by atoms with Gasteiger partial charge in [0, 0.05) is 10.2 Å². The van der Waals surface area contributed by atoms with Crippen molar-refractivity contribution in [3.05, 3.63) is 83.1 Å². The number of sulfonamides is 2. The van der Waals surface area contributed by atoms with Crippen molar-refractivity contribution in [1.29, 1.82) is 0 Å². The van der Waals surface area contributed by atoms with E-state index in [0.29, 0.717) is 5.69 Å². The second kappa shape index (κ2) is 7.90. The second-order valence-electron chi connectivity index (χ2n) is 5.70. The molecule has 0 bridgehead atoms. The SMILES string of the molecule is O=S(=O)(Nc1cccc(S(=O)(=O)Nc2ccc(Br)cc2)c1)c1cccc(F)c1. The smallest absolute Gasteiger partial charge is 0.261 e. The van der Waals surface area contributed by atoms with Crippen LogP contribution in [-0.4, -0.2) is 16.8 Å². The number of benzene rings is 3. The van der Waals surface area contributed by atoms with E-state index in [0.717, 1.165) is 16.6 Å². The van der Waals surface area contributed by atoms with Crippen LogP contribution < -0.4 is 9.44 Å². The Morgan fingerprint density at radius 1 is 0.679 bits per heavy atom. The van der Waals surface area contributed by atoms with Crippen molar-refractivity contribution in [2.24, 2.45) is 0 Å². The summed E-state index contributed by atoms with van der Waals surface area (Å²) in [5.74, 6) is -0.696. The van der Waals surface area contributed by atoms with Crippen LogP contribution in [0.25, 0.3) is 0 Å². The van der Waals surface area contributed by atoms with Gasteiger partial charge in [0.2, 0.25) is 0 Å². The molecule has 10 heteroatoms. The van der Waals surface area contributed by atoms with Crippen LogP contribution in [0.4, 0.5) is 15.8 Å². The molecule has 0 radical (unpaired) electrons. The van der Waals surface area contributed by atoms with Gasteiger partial charge in [-0.1, -0.05) is 28.1 Å². The average molecular weight is 485 g/mol. The normalized spacial score (nSPS) is 11.8. The number of halogens is 2. The molecule has 0 amide bonds. The van der Waals surface area contributed by atoms with Gasteiger partial charge in [-0.25, -0.2) is 21.2 Å². The van der Waals surface area contributed by atoms with E-state index in [-0.39, 0.29) is 15.5 Å². The minimum Gasteiger partial charge on any atom is -0.280 e. The summed E-state index contributed by atoms with van der Waals surface area (Å²) in [6.07, 6.45) is 0. The molecule has 0 saturated heterocycles. The van der Waals surface area contributed by atoms with E-state index in [2.05, 4.69) is 25.4 Å². The van der Waals surface area contributed by atoms with Gasteiger partial charge >= 0.3 is 0 Å². The van der Waals surface area contributed by atoms with Crippen LogP contribution >= 0.6 is 15.9 Å². The summed E-state index contributed by atoms with van der Waals surface area (Å²) < 4.78 is 68.7. The average Bonchev–Trinajstić information content (AvgIpc) is 2.63. The molecule has 0 aliphatic carbocycles. The van der Waals surface area contributed by atoms with Crippen molar-refractivity contribution >= 4 is 47.4 Å². The maximum absolute atomic E-state index is 13.3. The number of hydrogen-bond donors (Lipinski definition) is 2. The molecule has 0 fully saturated rings. The Morgan fingerprint density at radius 3 is 1.82 bits per heavy atom. The first-order valence-electron chi connectivity index (χ1n) is 7.83. The molecule has 146 valence electrons. The molecule has 3 rings (SSSR count). The van der Waals surface area contributed by atoms with E-state index in [1.165, 1.54) is 36.4 Å². The Hall–Kier alpha value is -2.43. The first-order valence-corrected chi connectivity index (χ1v) is 11.6. The lowest BCUT2D eigenvalue weighted by Gasteiger charge is -2.11. The summed E-state index contributed by atoms with van der Waals surface area (Å²) in [4.78, 5) is -0.399. The highest BCUT2D eigenvalue weighted by atomic mass is 79.9. The molecular formula is C18H14BrFN2O4S2. The van der Waals surface area contributed by atoms with Gasteiger partial charge in [-0.15, -0.1) is 0 Å². The van der Waals surface area contributed by atoms with Crippen molar-refractivity contribution in [3.8, 4) is 0 Å². The van der Waals surface area contributed by atoms with Crippen molar-refractivity contribution in [1.82, 2.24) is 0 Å². The van der Waals surface area contributed by atoms with Crippen molar-refractivity contribution in [3.63, 3.8) is 0 Å². The Kier molecular flexibility index (Phi) is 5.73. The van der Waals surface area contributed by atoms with E-state index in [1.54, 1.807) is 24.3 Å². The molecule has 0 aromatic heterocycles. The van der Waals surface area contributed by atoms with Crippen LogP contribution in [0.3, 0.4) is 0 Å². The molecule has 28 heavy (non-hydrogen) atoms. The maximum atomic E-state index is 13.3. The number of rotatable bonds is 6. The lowest BCUT2D eigenvalue weighted by atomic mass is 10.3. The maximum Gasteiger partial charge on any atom is 0.261 e. The van der Waals surface area contributed by atoms with E-state index >= 15 is 0 Å². The summed E-state index contributed by atoms with van der Waals surface area (Å²) in [5, 5.41) is 0. The Morgan fingerprint density at radius 2 is 1.21 bits per heavy atom. The Labute approximate surface area is 170 Å². The van der Waals surface area contributed by atoms with Crippen LogP contribution in [0, 0.1) is 5.82 Å². The van der Waals surface area contributed by atoms with Crippen LogP contribution in [0.2, 0.25) is 0 Å². The molecule has 0 heterocycles. The summed E-state index contributed by atoms with van der Waals surface area (Å²) in [7, 11) is -8.01. The highest BCUT2D eigenvalue weighted by Gasteiger charge is 2.18. The summed E-state index contributed by atoms with van der Waals surface area (Å²) in [6.45, 7) is 0. The molecular weight excluding hydrogens is 471 g/mol. The topological polar surface area (TPSA) is 92.3 Å². The van der Waals surface area contributed by atoms with Crippen LogP contribution in [0.1, 0.15) is 0 Å². The monoisotopic (exact) mass is 484 g/mol. The second-order valence-corrected chi connectivity index (χ2v) is 9.98. The van der Waals surface area contributed by atoms with Gasteiger partial charge in [0.05, 0.1) is 15.5 Å². The van der Waals surface area contributed by atoms with Gasteiger partial charge in [-0.05, 0) is 60.7 Å². The minimum atomic E-state index is -4.07. The fourth-order valence-corrected chi connectivity index (χ4v) is 4.76. The van der Waals surface area contributed by atoms with Gasteiger partial charge in [-0.3, -0.25) is 9.44 Å². The van der Waals surface area contributed by atoms with E-state index < -0.39 is 25.9 Å². The van der Waals surface area contributed by atoms with Gasteiger partial charge in [0.1, 0.15) is 5.82 Å². The fourth-order valence-electron chi connectivity index (χ4n) is 2.31. The molecule has 0 atom stereocenters. The standard InChI is InChI=1S/C18H14BrFN2O4S2/c19-13-7-9-15(10-8-13)21-28(25,26)18-6-2-4-16(12-18)22-27(23,24)17-5-1-3-14(20)11-17/h1-12,21-22H. The molecule has 2 N–H and O–H groups in total. The van der Waals surface area contributed by atoms with Gasteiger partial charge in [-0.2, -0.15) is 0 Å². The van der Waals surface area contributed by atoms with Crippen LogP contribution in [-0.2, 0) is 20.0 Å². The minimum absolute atomic E-state index is 0.0305. The highest BCUT2D eigenvalue weighted by molar-refractivity contribution is 9.10. The number of hydrogen-bond acceptors (Lipinski definition) is 4. The first kappa shape index (κ1) is 20.3. The van der Waals surface area contributed by atoms with Gasteiger partial charge < -0.3 is 0 Å². The van der Waals surface area contributed by atoms with E-state index in [9.17, 15) is 21.2 Å². The van der Waals surface area contributed by atoms with Gasteiger partial charge in [0.15, 0.2) is 0 Å². The molecule has 0 spiro atoms. The largest absolute Gasteiger partial charge is 0.280 e. The molecule has 0 saturated carbocycles. The number of nitrogens with one attached hydrogen (secondary N) is 2. The zero-order chi connectivity index (χ0) is 20.4. The van der Waals surface area contributed by atoms with Crippen molar-refractivity contribution in [2.45, 2.75) is 9.79 Å². The molecule has 6 nitrogen and oxygen atoms in total. The third kappa shape index (κ3) is 4.89. The van der Waals surface area contributed by atoms with E-state index in [4.69, 9.17) is 0 Å². The lowest BCUT2D eigenvalue weighted by Crippen LogP contribution is -2.15.